The van der Waals surface area contributed by atoms with Gasteiger partial charge in [0.05, 0.1) is 11.9 Å². The van der Waals surface area contributed by atoms with Gasteiger partial charge in [0, 0.05) is 32.2 Å². The third-order valence-electron chi connectivity index (χ3n) is 5.11. The molecule has 0 spiro atoms. The Kier molecular flexibility index (Phi) is 6.36. The average Bonchev–Trinajstić information content (AvgIpc) is 3.45. The highest BCUT2D eigenvalue weighted by atomic mass is 32.2. The first-order chi connectivity index (χ1) is 13.3. The molecular formula is C19H29N4O4S+. The summed E-state index contributed by atoms with van der Waals surface area (Å²) >= 11 is 0. The summed E-state index contributed by atoms with van der Waals surface area (Å²) in [6.07, 6.45) is 2.08. The molecule has 2 fully saturated rings. The molecule has 0 aromatic heterocycles. The standard InChI is InChI=1S/C19H28N4O4S/c1-15-3-7-17(8-4-15)28(26,27)23-11-9-22(10-12-23)19(25)14-21(2)13-18(24)20-16-5-6-16/h3-4,7-8,16H,5-6,9-14H2,1-2H3,(H,20,24)/p+1. The van der Waals surface area contributed by atoms with E-state index >= 15 is 0 Å². The molecule has 2 aliphatic rings. The highest BCUT2D eigenvalue weighted by Gasteiger charge is 2.31. The summed E-state index contributed by atoms with van der Waals surface area (Å²) in [7, 11) is -1.71. The summed E-state index contributed by atoms with van der Waals surface area (Å²) in [5.41, 5.74) is 1.01. The van der Waals surface area contributed by atoms with Crippen molar-refractivity contribution in [2.75, 3.05) is 46.3 Å². The van der Waals surface area contributed by atoms with Gasteiger partial charge in [0.15, 0.2) is 13.1 Å². The zero-order valence-corrected chi connectivity index (χ0v) is 17.3. The lowest BCUT2D eigenvalue weighted by atomic mass is 10.2. The summed E-state index contributed by atoms with van der Waals surface area (Å²) in [6, 6.07) is 7.12. The van der Waals surface area contributed by atoms with Gasteiger partial charge in [-0.05, 0) is 31.9 Å². The summed E-state index contributed by atoms with van der Waals surface area (Å²) in [5.74, 6) is -0.0779. The number of carbonyl (C=O) groups excluding carboxylic acids is 2. The second-order valence-corrected chi connectivity index (χ2v) is 9.69. The maximum Gasteiger partial charge on any atom is 0.277 e. The van der Waals surface area contributed by atoms with E-state index in [1.807, 2.05) is 14.0 Å². The number of carbonyl (C=O) groups is 2. The highest BCUT2D eigenvalue weighted by Crippen LogP contribution is 2.18. The van der Waals surface area contributed by atoms with Crippen LogP contribution in [0.1, 0.15) is 18.4 Å². The third-order valence-corrected chi connectivity index (χ3v) is 7.02. The molecule has 154 valence electrons. The molecule has 1 aromatic rings. The number of benzene rings is 1. The lowest BCUT2D eigenvalue weighted by Gasteiger charge is -2.34. The molecule has 1 heterocycles. The van der Waals surface area contributed by atoms with Gasteiger partial charge in [-0.3, -0.25) is 9.59 Å². The van der Waals surface area contributed by atoms with Crippen molar-refractivity contribution in [2.45, 2.75) is 30.7 Å². The van der Waals surface area contributed by atoms with E-state index in [1.165, 1.54) is 4.31 Å². The minimum Gasteiger partial charge on any atom is -0.348 e. The van der Waals surface area contributed by atoms with E-state index in [0.717, 1.165) is 23.3 Å². The topological polar surface area (TPSA) is 91.2 Å². The van der Waals surface area contributed by atoms with Crippen LogP contribution >= 0.6 is 0 Å². The monoisotopic (exact) mass is 409 g/mol. The smallest absolute Gasteiger partial charge is 0.277 e. The van der Waals surface area contributed by atoms with E-state index in [-0.39, 0.29) is 42.9 Å². The number of amides is 2. The molecule has 3 rings (SSSR count). The molecule has 1 saturated heterocycles. The van der Waals surface area contributed by atoms with E-state index in [4.69, 9.17) is 0 Å². The second-order valence-electron chi connectivity index (χ2n) is 7.75. The fourth-order valence-electron chi connectivity index (χ4n) is 3.25. The number of aryl methyl sites for hydroxylation is 1. The van der Waals surface area contributed by atoms with Crippen molar-refractivity contribution in [3.63, 3.8) is 0 Å². The molecule has 28 heavy (non-hydrogen) atoms. The van der Waals surface area contributed by atoms with Gasteiger partial charge in [-0.1, -0.05) is 17.7 Å². The number of piperazine rings is 1. The van der Waals surface area contributed by atoms with Crippen LogP contribution in [0.4, 0.5) is 0 Å². The lowest BCUT2D eigenvalue weighted by molar-refractivity contribution is -0.863. The Morgan fingerprint density at radius 1 is 1.07 bits per heavy atom. The minimum atomic E-state index is -3.54. The summed E-state index contributed by atoms with van der Waals surface area (Å²) in [5, 5.41) is 2.92. The van der Waals surface area contributed by atoms with E-state index in [2.05, 4.69) is 5.32 Å². The number of likely N-dealkylation sites (N-methyl/N-ethyl adjacent to an activating group) is 1. The van der Waals surface area contributed by atoms with E-state index in [0.29, 0.717) is 19.1 Å². The second kappa shape index (κ2) is 8.59. The van der Waals surface area contributed by atoms with Crippen molar-refractivity contribution in [1.82, 2.24) is 14.5 Å². The van der Waals surface area contributed by atoms with Crippen LogP contribution in [0.25, 0.3) is 0 Å². The van der Waals surface area contributed by atoms with Gasteiger partial charge in [0.1, 0.15) is 0 Å². The Labute approximate surface area is 166 Å². The Morgan fingerprint density at radius 3 is 2.25 bits per heavy atom. The molecule has 0 radical (unpaired) electrons. The first-order valence-corrected chi connectivity index (χ1v) is 11.1. The minimum absolute atomic E-state index is 0.0261. The third kappa shape index (κ3) is 5.30. The van der Waals surface area contributed by atoms with E-state index in [9.17, 15) is 18.0 Å². The highest BCUT2D eigenvalue weighted by molar-refractivity contribution is 7.89. The van der Waals surface area contributed by atoms with Crippen molar-refractivity contribution in [1.29, 1.82) is 0 Å². The Morgan fingerprint density at radius 2 is 1.68 bits per heavy atom. The van der Waals surface area contributed by atoms with Gasteiger partial charge in [-0.15, -0.1) is 0 Å². The molecule has 2 N–H and O–H groups in total. The fourth-order valence-corrected chi connectivity index (χ4v) is 4.67. The molecule has 1 unspecified atom stereocenters. The SMILES string of the molecule is Cc1ccc(S(=O)(=O)N2CCN(C(=O)C[NH+](C)CC(=O)NC3CC3)CC2)cc1. The van der Waals surface area contributed by atoms with Gasteiger partial charge in [-0.2, -0.15) is 4.31 Å². The number of sulfonamides is 1. The van der Waals surface area contributed by atoms with Gasteiger partial charge < -0.3 is 15.1 Å². The number of hydrogen-bond acceptors (Lipinski definition) is 4. The first kappa shape index (κ1) is 20.8. The van der Waals surface area contributed by atoms with Crippen molar-refractivity contribution in [2.24, 2.45) is 0 Å². The van der Waals surface area contributed by atoms with E-state index in [1.54, 1.807) is 29.2 Å². The summed E-state index contributed by atoms with van der Waals surface area (Å²) in [6.45, 7) is 3.70. The average molecular weight is 410 g/mol. The van der Waals surface area contributed by atoms with Crippen LogP contribution < -0.4 is 10.2 Å². The van der Waals surface area contributed by atoms with Crippen LogP contribution in [-0.2, 0) is 19.6 Å². The maximum absolute atomic E-state index is 12.7. The molecule has 2 amide bonds. The molecule has 1 saturated carbocycles. The van der Waals surface area contributed by atoms with Gasteiger partial charge in [-0.25, -0.2) is 8.42 Å². The van der Waals surface area contributed by atoms with Crippen LogP contribution in [-0.4, -0.2) is 81.8 Å². The fraction of sp³-hybridized carbons (Fsp3) is 0.579. The maximum atomic E-state index is 12.7. The number of rotatable bonds is 7. The van der Waals surface area contributed by atoms with Crippen LogP contribution in [0.2, 0.25) is 0 Å². The molecule has 1 aliphatic heterocycles. The van der Waals surface area contributed by atoms with Gasteiger partial charge >= 0.3 is 0 Å². The molecule has 0 bridgehead atoms. The molecule has 1 aromatic carbocycles. The Balaban J connectivity index is 1.48. The van der Waals surface area contributed by atoms with Crippen molar-refractivity contribution >= 4 is 21.8 Å². The van der Waals surface area contributed by atoms with Gasteiger partial charge in [0.25, 0.3) is 11.8 Å². The zero-order valence-electron chi connectivity index (χ0n) is 16.5. The lowest BCUT2D eigenvalue weighted by Crippen LogP contribution is -3.11. The quantitative estimate of drug-likeness (QED) is 0.581. The predicted octanol–water partition coefficient (Wildman–Crippen LogP) is -1.38. The number of quaternary nitrogens is 1. The van der Waals surface area contributed by atoms with Crippen LogP contribution in [0.3, 0.4) is 0 Å². The zero-order chi connectivity index (χ0) is 20.3. The Hall–Kier alpha value is -1.97. The Bertz CT molecular complexity index is 813. The first-order valence-electron chi connectivity index (χ1n) is 9.71. The molecule has 9 heteroatoms. The van der Waals surface area contributed by atoms with Crippen LogP contribution in [0, 0.1) is 6.92 Å². The number of nitrogens with one attached hydrogen (secondary N) is 2. The number of nitrogens with zero attached hydrogens (tertiary/aromatic N) is 2. The predicted molar refractivity (Wildman–Crippen MR) is 104 cm³/mol. The molecule has 1 atom stereocenters. The molecule has 1 aliphatic carbocycles. The largest absolute Gasteiger partial charge is 0.348 e. The van der Waals surface area contributed by atoms with E-state index < -0.39 is 10.0 Å². The van der Waals surface area contributed by atoms with Gasteiger partial charge in [0.2, 0.25) is 10.0 Å². The van der Waals surface area contributed by atoms with Crippen molar-refractivity contribution in [3.8, 4) is 0 Å². The van der Waals surface area contributed by atoms with Crippen molar-refractivity contribution in [3.05, 3.63) is 29.8 Å². The van der Waals surface area contributed by atoms with Crippen molar-refractivity contribution < 1.29 is 22.9 Å². The normalized spacial score (nSPS) is 19.3. The van der Waals surface area contributed by atoms with Crippen LogP contribution in [0.5, 0.6) is 0 Å². The summed E-state index contributed by atoms with van der Waals surface area (Å²) in [4.78, 5) is 27.1. The molecule has 8 nitrogen and oxygen atoms in total. The summed E-state index contributed by atoms with van der Waals surface area (Å²) < 4.78 is 26.9. The van der Waals surface area contributed by atoms with Crippen LogP contribution in [0.15, 0.2) is 29.2 Å². The molecular weight excluding hydrogens is 380 g/mol. The number of hydrogen-bond donors (Lipinski definition) is 2.